The van der Waals surface area contributed by atoms with Crippen molar-refractivity contribution in [2.45, 2.75) is 20.3 Å². The summed E-state index contributed by atoms with van der Waals surface area (Å²) in [4.78, 5) is 0. The molecule has 0 saturated heterocycles. The standard InChI is InChI=1S/C6H7.C2H5.W/c1-6-4-2-3-5-6;1-2;/h2,4H,3H2,1H3;1H2,2H3;/q2*-1;+2. The van der Waals surface area contributed by atoms with Crippen molar-refractivity contribution in [3.8, 4) is 0 Å². The van der Waals surface area contributed by atoms with Gasteiger partial charge < -0.3 is 6.92 Å². The monoisotopic (exact) mass is 292 g/mol. The summed E-state index contributed by atoms with van der Waals surface area (Å²) in [5, 5.41) is 0. The van der Waals surface area contributed by atoms with Gasteiger partial charge in [0, 0.05) is 0 Å². The van der Waals surface area contributed by atoms with Crippen molar-refractivity contribution in [3.05, 3.63) is 30.7 Å². The van der Waals surface area contributed by atoms with Crippen molar-refractivity contribution in [2.24, 2.45) is 0 Å². The van der Waals surface area contributed by atoms with Crippen molar-refractivity contribution < 1.29 is 21.1 Å². The zero-order chi connectivity index (χ0) is 6.41. The van der Waals surface area contributed by atoms with Gasteiger partial charge in [0.05, 0.1) is 0 Å². The molecule has 0 radical (unpaired) electrons. The molecule has 0 aromatic heterocycles. The van der Waals surface area contributed by atoms with Crippen molar-refractivity contribution >= 4 is 0 Å². The largest absolute Gasteiger partial charge is 2.00 e. The molecule has 0 aromatic rings. The summed E-state index contributed by atoms with van der Waals surface area (Å²) in [7, 11) is 0. The number of rotatable bonds is 0. The molecule has 0 aromatic carbocycles. The van der Waals surface area contributed by atoms with E-state index in [0.29, 0.717) is 0 Å². The molecule has 0 unspecified atom stereocenters. The van der Waals surface area contributed by atoms with E-state index in [1.54, 1.807) is 6.92 Å². The topological polar surface area (TPSA) is 0 Å². The van der Waals surface area contributed by atoms with E-state index in [1.165, 1.54) is 5.57 Å². The van der Waals surface area contributed by atoms with Gasteiger partial charge in [-0.1, -0.05) is 6.92 Å². The molecule has 0 amide bonds. The number of allylic oxidation sites excluding steroid dienone is 4. The van der Waals surface area contributed by atoms with Gasteiger partial charge in [-0.3, -0.25) is 6.08 Å². The van der Waals surface area contributed by atoms with Gasteiger partial charge in [-0.15, -0.1) is 6.42 Å². The molecule has 0 aliphatic heterocycles. The van der Waals surface area contributed by atoms with E-state index in [-0.39, 0.29) is 21.1 Å². The minimum atomic E-state index is 0. The zero-order valence-corrected chi connectivity index (χ0v) is 8.91. The minimum absolute atomic E-state index is 0. The molecule has 0 bridgehead atoms. The molecular formula is C8H12W. The Morgan fingerprint density at radius 1 is 1.56 bits per heavy atom. The maximum absolute atomic E-state index is 3.25. The Balaban J connectivity index is 0. The van der Waals surface area contributed by atoms with Crippen LogP contribution >= 0.6 is 0 Å². The molecular weight excluding hydrogens is 280 g/mol. The maximum atomic E-state index is 3.25. The van der Waals surface area contributed by atoms with Crippen LogP contribution in [0.25, 0.3) is 0 Å². The van der Waals surface area contributed by atoms with Gasteiger partial charge >= 0.3 is 21.1 Å². The first-order chi connectivity index (χ1) is 3.89. The van der Waals surface area contributed by atoms with Crippen LogP contribution < -0.4 is 0 Å². The first-order valence-corrected chi connectivity index (χ1v) is 2.84. The normalized spacial score (nSPS) is 13.0. The van der Waals surface area contributed by atoms with Crippen molar-refractivity contribution in [3.63, 3.8) is 0 Å². The van der Waals surface area contributed by atoms with Gasteiger partial charge in [-0.05, 0) is 0 Å². The van der Waals surface area contributed by atoms with Crippen molar-refractivity contribution in [1.29, 1.82) is 0 Å². The molecule has 50 valence electrons. The van der Waals surface area contributed by atoms with Crippen LogP contribution in [0.4, 0.5) is 0 Å². The Morgan fingerprint density at radius 3 is 2.22 bits per heavy atom. The van der Waals surface area contributed by atoms with Gasteiger partial charge in [-0.25, -0.2) is 11.6 Å². The molecule has 1 aliphatic rings. The third-order valence-electron chi connectivity index (χ3n) is 0.867. The predicted octanol–water partition coefficient (Wildman–Crippen LogP) is 2.53. The van der Waals surface area contributed by atoms with E-state index < -0.39 is 0 Å². The average Bonchev–Trinajstić information content (AvgIpc) is 2.24. The van der Waals surface area contributed by atoms with Crippen molar-refractivity contribution in [1.82, 2.24) is 0 Å². The Labute approximate surface area is 72.3 Å². The third kappa shape index (κ3) is 6.05. The van der Waals surface area contributed by atoms with Gasteiger partial charge in [0.1, 0.15) is 0 Å². The Bertz CT molecular complexity index is 98.4. The Hall–Kier alpha value is 0.168. The van der Waals surface area contributed by atoms with Crippen LogP contribution in [0.1, 0.15) is 20.3 Å². The Kier molecular flexibility index (Phi) is 10.8. The molecule has 0 nitrogen and oxygen atoms in total. The zero-order valence-electron chi connectivity index (χ0n) is 5.98. The molecule has 0 fully saturated rings. The first-order valence-electron chi connectivity index (χ1n) is 2.84. The summed E-state index contributed by atoms with van der Waals surface area (Å²) in [5.74, 6) is 0. The summed E-state index contributed by atoms with van der Waals surface area (Å²) in [6.45, 7) is 7.06. The minimum Gasteiger partial charge on any atom is -0.346 e. The Morgan fingerprint density at radius 2 is 2.11 bits per heavy atom. The van der Waals surface area contributed by atoms with Crippen LogP contribution in [-0.4, -0.2) is 0 Å². The molecule has 0 heterocycles. The van der Waals surface area contributed by atoms with E-state index in [4.69, 9.17) is 0 Å². The summed E-state index contributed by atoms with van der Waals surface area (Å²) < 4.78 is 0. The third-order valence-corrected chi connectivity index (χ3v) is 0.867. The second-order valence-corrected chi connectivity index (χ2v) is 1.47. The van der Waals surface area contributed by atoms with Crippen LogP contribution in [-0.2, 0) is 21.1 Å². The van der Waals surface area contributed by atoms with E-state index in [2.05, 4.69) is 32.1 Å². The van der Waals surface area contributed by atoms with E-state index >= 15 is 0 Å². The molecule has 0 spiro atoms. The fourth-order valence-corrected chi connectivity index (χ4v) is 0.515. The van der Waals surface area contributed by atoms with Crippen LogP contribution in [0.3, 0.4) is 0 Å². The summed E-state index contributed by atoms with van der Waals surface area (Å²) in [6, 6.07) is 0. The first kappa shape index (κ1) is 11.9. The SMILES string of the molecule is CC1=[C-]CC=C1.[CH2-]C.[W+2]. The molecule has 0 atom stereocenters. The van der Waals surface area contributed by atoms with E-state index in [1.807, 2.05) is 0 Å². The predicted molar refractivity (Wildman–Crippen MR) is 37.2 cm³/mol. The fourth-order valence-electron chi connectivity index (χ4n) is 0.515. The van der Waals surface area contributed by atoms with E-state index in [0.717, 1.165) is 6.42 Å². The maximum Gasteiger partial charge on any atom is 2.00 e. The van der Waals surface area contributed by atoms with Crippen molar-refractivity contribution in [2.75, 3.05) is 0 Å². The van der Waals surface area contributed by atoms with Gasteiger partial charge in [0.2, 0.25) is 0 Å². The molecule has 1 aliphatic carbocycles. The fraction of sp³-hybridized carbons (Fsp3) is 0.375. The second-order valence-electron chi connectivity index (χ2n) is 1.47. The molecule has 1 heteroatoms. The second kappa shape index (κ2) is 8.17. The molecule has 1 rings (SSSR count). The summed E-state index contributed by atoms with van der Waals surface area (Å²) in [6.07, 6.45) is 8.33. The summed E-state index contributed by atoms with van der Waals surface area (Å²) >= 11 is 0. The van der Waals surface area contributed by atoms with E-state index in [9.17, 15) is 0 Å². The summed E-state index contributed by atoms with van der Waals surface area (Å²) in [5.41, 5.74) is 1.27. The quantitative estimate of drug-likeness (QED) is 0.602. The van der Waals surface area contributed by atoms with Crippen LogP contribution in [0, 0.1) is 13.0 Å². The molecule has 0 N–H and O–H groups in total. The molecule has 9 heavy (non-hydrogen) atoms. The van der Waals surface area contributed by atoms with Crippen LogP contribution in [0.15, 0.2) is 17.7 Å². The van der Waals surface area contributed by atoms with Gasteiger partial charge in [0.25, 0.3) is 0 Å². The molecule has 0 saturated carbocycles. The van der Waals surface area contributed by atoms with Crippen LogP contribution in [0.2, 0.25) is 0 Å². The van der Waals surface area contributed by atoms with Crippen LogP contribution in [0.5, 0.6) is 0 Å². The number of hydrogen-bond donors (Lipinski definition) is 0. The van der Waals surface area contributed by atoms with Gasteiger partial charge in [-0.2, -0.15) is 13.0 Å². The van der Waals surface area contributed by atoms with Gasteiger partial charge in [0.15, 0.2) is 0 Å². The number of hydrogen-bond acceptors (Lipinski definition) is 0. The average molecular weight is 292 g/mol. The smallest absolute Gasteiger partial charge is 0.346 e.